The van der Waals surface area contributed by atoms with Crippen molar-refractivity contribution < 1.29 is 13.9 Å². The first-order valence-corrected chi connectivity index (χ1v) is 6.95. The Morgan fingerprint density at radius 3 is 2.43 bits per heavy atom. The van der Waals surface area contributed by atoms with Crippen LogP contribution in [-0.4, -0.2) is 7.11 Å². The van der Waals surface area contributed by atoms with Gasteiger partial charge in [-0.3, -0.25) is 0 Å². The van der Waals surface area contributed by atoms with Gasteiger partial charge in [-0.1, -0.05) is 13.0 Å². The van der Waals surface area contributed by atoms with Crippen LogP contribution in [0.4, 0.5) is 4.39 Å². The van der Waals surface area contributed by atoms with Crippen LogP contribution >= 0.6 is 0 Å². The molecule has 2 N–H and O–H groups in total. The number of hydrogen-bond acceptors (Lipinski definition) is 3. The van der Waals surface area contributed by atoms with Crippen molar-refractivity contribution in [1.29, 1.82) is 0 Å². The summed E-state index contributed by atoms with van der Waals surface area (Å²) in [6.07, 6.45) is 0.915. The van der Waals surface area contributed by atoms with Crippen molar-refractivity contribution in [2.24, 2.45) is 5.73 Å². The molecule has 0 radical (unpaired) electrons. The van der Waals surface area contributed by atoms with Gasteiger partial charge in [-0.25, -0.2) is 4.39 Å². The van der Waals surface area contributed by atoms with E-state index in [1.807, 2.05) is 18.2 Å². The molecule has 1 atom stereocenters. The van der Waals surface area contributed by atoms with E-state index in [1.54, 1.807) is 20.1 Å². The van der Waals surface area contributed by atoms with Crippen LogP contribution in [0.25, 0.3) is 0 Å². The molecule has 4 heteroatoms. The average Bonchev–Trinajstić information content (AvgIpc) is 2.49. The van der Waals surface area contributed by atoms with Gasteiger partial charge in [0.25, 0.3) is 0 Å². The summed E-state index contributed by atoms with van der Waals surface area (Å²) in [5, 5.41) is 0. The molecule has 112 valence electrons. The first-order chi connectivity index (χ1) is 10.0. The Morgan fingerprint density at radius 2 is 1.81 bits per heavy atom. The standard InChI is InChI=1S/C17H20FNO2/c1-4-12-5-7-16(17(9-12)20-3)21-15-8-6-13(18)10-14(15)11(2)19/h5-11H,4,19H2,1-3H3/t11-/m0/s1. The van der Waals surface area contributed by atoms with Crippen molar-refractivity contribution in [3.63, 3.8) is 0 Å². The van der Waals surface area contributed by atoms with Gasteiger partial charge in [0.1, 0.15) is 11.6 Å². The summed E-state index contributed by atoms with van der Waals surface area (Å²) < 4.78 is 24.6. The molecule has 0 saturated heterocycles. The van der Waals surface area contributed by atoms with E-state index in [-0.39, 0.29) is 11.9 Å². The third-order valence-corrected chi connectivity index (χ3v) is 3.32. The molecular weight excluding hydrogens is 269 g/mol. The zero-order valence-corrected chi connectivity index (χ0v) is 12.5. The second kappa shape index (κ2) is 6.59. The van der Waals surface area contributed by atoms with E-state index in [1.165, 1.54) is 12.1 Å². The van der Waals surface area contributed by atoms with E-state index >= 15 is 0 Å². The van der Waals surface area contributed by atoms with Crippen molar-refractivity contribution in [2.45, 2.75) is 26.3 Å². The summed E-state index contributed by atoms with van der Waals surface area (Å²) in [5.41, 5.74) is 7.66. The van der Waals surface area contributed by atoms with Crippen molar-refractivity contribution in [3.05, 3.63) is 53.3 Å². The highest BCUT2D eigenvalue weighted by Gasteiger charge is 2.13. The van der Waals surface area contributed by atoms with Gasteiger partial charge in [0.05, 0.1) is 7.11 Å². The van der Waals surface area contributed by atoms with Gasteiger partial charge in [0.15, 0.2) is 11.5 Å². The SMILES string of the molecule is CCc1ccc(Oc2ccc(F)cc2[C@H](C)N)c(OC)c1. The van der Waals surface area contributed by atoms with E-state index in [9.17, 15) is 4.39 Å². The molecule has 3 nitrogen and oxygen atoms in total. The van der Waals surface area contributed by atoms with E-state index in [4.69, 9.17) is 15.2 Å². The van der Waals surface area contributed by atoms with Crippen molar-refractivity contribution in [1.82, 2.24) is 0 Å². The smallest absolute Gasteiger partial charge is 0.169 e. The number of benzene rings is 2. The van der Waals surface area contributed by atoms with Gasteiger partial charge in [-0.15, -0.1) is 0 Å². The van der Waals surface area contributed by atoms with E-state index in [0.29, 0.717) is 22.8 Å². The molecule has 0 aliphatic heterocycles. The molecule has 0 saturated carbocycles. The molecule has 0 heterocycles. The summed E-state index contributed by atoms with van der Waals surface area (Å²) in [5.74, 6) is 1.44. The van der Waals surface area contributed by atoms with Gasteiger partial charge in [-0.2, -0.15) is 0 Å². The Kier molecular flexibility index (Phi) is 4.81. The number of halogens is 1. The highest BCUT2D eigenvalue weighted by atomic mass is 19.1. The van der Waals surface area contributed by atoms with Crippen LogP contribution in [0.1, 0.15) is 31.0 Å². The largest absolute Gasteiger partial charge is 0.493 e. The molecule has 2 rings (SSSR count). The monoisotopic (exact) mass is 289 g/mol. The number of ether oxygens (including phenoxy) is 2. The number of nitrogens with two attached hydrogens (primary N) is 1. The number of rotatable bonds is 5. The van der Waals surface area contributed by atoms with Gasteiger partial charge in [0.2, 0.25) is 0 Å². The minimum atomic E-state index is -0.331. The fourth-order valence-electron chi connectivity index (χ4n) is 2.10. The fourth-order valence-corrected chi connectivity index (χ4v) is 2.10. The lowest BCUT2D eigenvalue weighted by atomic mass is 10.1. The maximum Gasteiger partial charge on any atom is 0.169 e. The zero-order chi connectivity index (χ0) is 15.4. The Labute approximate surface area is 124 Å². The molecule has 0 bridgehead atoms. The van der Waals surface area contributed by atoms with Crippen LogP contribution < -0.4 is 15.2 Å². The quantitative estimate of drug-likeness (QED) is 0.896. The first-order valence-electron chi connectivity index (χ1n) is 6.95. The summed E-state index contributed by atoms with van der Waals surface area (Å²) in [4.78, 5) is 0. The molecule has 0 spiro atoms. The molecule has 0 fully saturated rings. The first kappa shape index (κ1) is 15.3. The summed E-state index contributed by atoms with van der Waals surface area (Å²) in [6, 6.07) is 9.78. The zero-order valence-electron chi connectivity index (χ0n) is 12.5. The maximum absolute atomic E-state index is 13.4. The number of aryl methyl sites for hydroxylation is 1. The van der Waals surface area contributed by atoms with Gasteiger partial charge in [0, 0.05) is 11.6 Å². The second-order valence-corrected chi connectivity index (χ2v) is 4.91. The van der Waals surface area contributed by atoms with Crippen LogP contribution in [0.3, 0.4) is 0 Å². The van der Waals surface area contributed by atoms with Crippen LogP contribution in [-0.2, 0) is 6.42 Å². The molecule has 0 aliphatic rings. The van der Waals surface area contributed by atoms with Gasteiger partial charge >= 0.3 is 0 Å². The fraction of sp³-hybridized carbons (Fsp3) is 0.294. The van der Waals surface area contributed by atoms with E-state index < -0.39 is 0 Å². The summed E-state index contributed by atoms with van der Waals surface area (Å²) in [6.45, 7) is 3.86. The molecule has 2 aromatic rings. The van der Waals surface area contributed by atoms with Crippen LogP contribution in [0.15, 0.2) is 36.4 Å². The third-order valence-electron chi connectivity index (χ3n) is 3.32. The highest BCUT2D eigenvalue weighted by Crippen LogP contribution is 2.35. The van der Waals surface area contributed by atoms with Gasteiger partial charge in [-0.05, 0) is 49.2 Å². The van der Waals surface area contributed by atoms with Crippen LogP contribution in [0, 0.1) is 5.82 Å². The predicted octanol–water partition coefficient (Wildman–Crippen LogP) is 4.21. The third kappa shape index (κ3) is 3.52. The topological polar surface area (TPSA) is 44.5 Å². The number of hydrogen-bond donors (Lipinski definition) is 1. The second-order valence-electron chi connectivity index (χ2n) is 4.91. The molecule has 2 aromatic carbocycles. The molecule has 0 aromatic heterocycles. The maximum atomic E-state index is 13.4. The Balaban J connectivity index is 2.38. The Hall–Kier alpha value is -2.07. The lowest BCUT2D eigenvalue weighted by Crippen LogP contribution is -2.07. The molecule has 0 unspecified atom stereocenters. The normalized spacial score (nSPS) is 12.0. The van der Waals surface area contributed by atoms with Crippen LogP contribution in [0.2, 0.25) is 0 Å². The van der Waals surface area contributed by atoms with Gasteiger partial charge < -0.3 is 15.2 Å². The highest BCUT2D eigenvalue weighted by molar-refractivity contribution is 5.47. The van der Waals surface area contributed by atoms with E-state index in [0.717, 1.165) is 12.0 Å². The Bertz CT molecular complexity index is 626. The molecule has 21 heavy (non-hydrogen) atoms. The minimum absolute atomic E-state index is 0.323. The summed E-state index contributed by atoms with van der Waals surface area (Å²) >= 11 is 0. The lowest BCUT2D eigenvalue weighted by Gasteiger charge is -2.16. The van der Waals surface area contributed by atoms with Crippen molar-refractivity contribution >= 4 is 0 Å². The Morgan fingerprint density at radius 1 is 1.10 bits per heavy atom. The van der Waals surface area contributed by atoms with E-state index in [2.05, 4.69) is 6.92 Å². The number of methoxy groups -OCH3 is 1. The molecule has 0 aliphatic carbocycles. The minimum Gasteiger partial charge on any atom is -0.493 e. The summed E-state index contributed by atoms with van der Waals surface area (Å²) in [7, 11) is 1.60. The van der Waals surface area contributed by atoms with Crippen LogP contribution in [0.5, 0.6) is 17.2 Å². The molecular formula is C17H20FNO2. The molecule has 0 amide bonds. The van der Waals surface area contributed by atoms with Crippen molar-refractivity contribution in [3.8, 4) is 17.2 Å². The lowest BCUT2D eigenvalue weighted by molar-refractivity contribution is 0.376. The average molecular weight is 289 g/mol. The predicted molar refractivity (Wildman–Crippen MR) is 81.4 cm³/mol. The van der Waals surface area contributed by atoms with Crippen molar-refractivity contribution in [2.75, 3.05) is 7.11 Å².